The van der Waals surface area contributed by atoms with Crippen LogP contribution in [-0.2, 0) is 14.3 Å². The van der Waals surface area contributed by atoms with Crippen LogP contribution in [0.3, 0.4) is 0 Å². The molecular weight excluding hydrogens is 430 g/mol. The van der Waals surface area contributed by atoms with Crippen LogP contribution in [0.2, 0.25) is 0 Å². The summed E-state index contributed by atoms with van der Waals surface area (Å²) in [5, 5.41) is 5.42. The summed E-state index contributed by atoms with van der Waals surface area (Å²) in [6.45, 7) is 6.17. The summed E-state index contributed by atoms with van der Waals surface area (Å²) < 4.78 is 11.5. The Hall–Kier alpha value is -2.25. The van der Waals surface area contributed by atoms with Crippen molar-refractivity contribution in [1.29, 1.82) is 0 Å². The zero-order chi connectivity index (χ0) is 22.0. The molecular formula is C24H27NO4S2. The van der Waals surface area contributed by atoms with Crippen molar-refractivity contribution < 1.29 is 18.7 Å². The number of hydrogen-bond donors (Lipinski definition) is 1. The topological polar surface area (TPSA) is 68.5 Å². The zero-order valence-electron chi connectivity index (χ0n) is 18.0. The highest BCUT2D eigenvalue weighted by Gasteiger charge is 2.42. The number of aryl methyl sites for hydroxylation is 1. The Bertz CT molecular complexity index is 1030. The Balaban J connectivity index is 1.69. The number of thioether (sulfide) groups is 1. The van der Waals surface area contributed by atoms with Crippen LogP contribution in [0.15, 0.2) is 56.6 Å². The summed E-state index contributed by atoms with van der Waals surface area (Å²) in [4.78, 5) is 27.7. The van der Waals surface area contributed by atoms with E-state index in [2.05, 4.69) is 18.3 Å². The monoisotopic (exact) mass is 457 g/mol. The number of esters is 1. The third-order valence-corrected chi connectivity index (χ3v) is 7.60. The molecule has 0 bridgehead atoms. The van der Waals surface area contributed by atoms with Crippen LogP contribution in [0.5, 0.6) is 0 Å². The molecule has 0 spiro atoms. The molecule has 1 aliphatic carbocycles. The first kappa shape index (κ1) is 22.0. The third kappa shape index (κ3) is 4.53. The van der Waals surface area contributed by atoms with Crippen molar-refractivity contribution >= 4 is 34.9 Å². The highest BCUT2D eigenvalue weighted by atomic mass is 32.2. The second kappa shape index (κ2) is 9.49. The van der Waals surface area contributed by atoms with E-state index in [1.54, 1.807) is 23.1 Å². The van der Waals surface area contributed by atoms with E-state index in [0.29, 0.717) is 29.9 Å². The van der Waals surface area contributed by atoms with E-state index < -0.39 is 5.92 Å². The summed E-state index contributed by atoms with van der Waals surface area (Å²) in [7, 11) is 0. The Kier molecular flexibility index (Phi) is 6.72. The number of ketones is 1. The molecule has 2 atom stereocenters. The number of hydrogen-bond acceptors (Lipinski definition) is 7. The lowest BCUT2D eigenvalue weighted by molar-refractivity contribution is -0.138. The van der Waals surface area contributed by atoms with Crippen molar-refractivity contribution in [2.24, 2.45) is 0 Å². The Morgan fingerprint density at radius 2 is 2.13 bits per heavy atom. The van der Waals surface area contributed by atoms with Gasteiger partial charge in [0.15, 0.2) is 5.78 Å². The number of nitrogens with one attached hydrogen (secondary N) is 1. The van der Waals surface area contributed by atoms with Crippen molar-refractivity contribution in [2.75, 3.05) is 18.1 Å². The van der Waals surface area contributed by atoms with Crippen LogP contribution in [-0.4, -0.2) is 29.9 Å². The smallest absolute Gasteiger partial charge is 0.336 e. The van der Waals surface area contributed by atoms with Crippen LogP contribution >= 0.6 is 23.1 Å². The highest BCUT2D eigenvalue weighted by Crippen LogP contribution is 2.46. The SMILES string of the molecule is CCSCCOC(=O)C1=C(C)NC2=C(C(=O)C[C@H](c3cccs3)C2)[C@H]1c1ccc(C)o1. The van der Waals surface area contributed by atoms with Gasteiger partial charge in [0, 0.05) is 39.9 Å². The molecule has 1 N–H and O–H groups in total. The van der Waals surface area contributed by atoms with Crippen molar-refractivity contribution in [3.05, 3.63) is 68.6 Å². The van der Waals surface area contributed by atoms with E-state index >= 15 is 0 Å². The normalized spacial score (nSPS) is 21.2. The predicted octanol–water partition coefficient (Wildman–Crippen LogP) is 5.31. The maximum absolute atomic E-state index is 13.4. The van der Waals surface area contributed by atoms with Crippen LogP contribution < -0.4 is 5.32 Å². The van der Waals surface area contributed by atoms with E-state index in [-0.39, 0.29) is 17.7 Å². The molecule has 0 amide bonds. The quantitative estimate of drug-likeness (QED) is 0.449. The molecule has 0 saturated carbocycles. The van der Waals surface area contributed by atoms with Gasteiger partial charge in [-0.25, -0.2) is 4.79 Å². The van der Waals surface area contributed by atoms with Gasteiger partial charge in [-0.2, -0.15) is 11.8 Å². The predicted molar refractivity (Wildman–Crippen MR) is 124 cm³/mol. The highest BCUT2D eigenvalue weighted by molar-refractivity contribution is 7.99. The molecule has 2 aromatic heterocycles. The second-order valence-electron chi connectivity index (χ2n) is 7.81. The summed E-state index contributed by atoms with van der Waals surface area (Å²) in [6.07, 6.45) is 1.18. The molecule has 2 aromatic rings. The summed E-state index contributed by atoms with van der Waals surface area (Å²) in [6, 6.07) is 7.84. The van der Waals surface area contributed by atoms with Crippen LogP contribution in [0, 0.1) is 6.92 Å². The van der Waals surface area contributed by atoms with Gasteiger partial charge in [-0.05, 0) is 49.6 Å². The fourth-order valence-corrected chi connectivity index (χ4v) is 5.66. The molecule has 164 valence electrons. The van der Waals surface area contributed by atoms with Crippen molar-refractivity contribution in [2.45, 2.75) is 45.4 Å². The number of carbonyl (C=O) groups excluding carboxylic acids is 2. The van der Waals surface area contributed by atoms with Gasteiger partial charge in [0.05, 0.1) is 11.5 Å². The van der Waals surface area contributed by atoms with E-state index in [1.807, 2.05) is 37.4 Å². The molecule has 0 radical (unpaired) electrons. The number of ether oxygens (including phenoxy) is 1. The molecule has 3 heterocycles. The van der Waals surface area contributed by atoms with Gasteiger partial charge in [0.2, 0.25) is 0 Å². The molecule has 0 fully saturated rings. The molecule has 0 saturated heterocycles. The van der Waals surface area contributed by atoms with Gasteiger partial charge in [0.1, 0.15) is 18.1 Å². The van der Waals surface area contributed by atoms with Gasteiger partial charge in [-0.3, -0.25) is 4.79 Å². The van der Waals surface area contributed by atoms with Crippen molar-refractivity contribution in [3.8, 4) is 0 Å². The second-order valence-corrected chi connectivity index (χ2v) is 10.2. The third-order valence-electron chi connectivity index (χ3n) is 5.70. The van der Waals surface area contributed by atoms with E-state index in [1.165, 1.54) is 4.88 Å². The average molecular weight is 458 g/mol. The lowest BCUT2D eigenvalue weighted by Gasteiger charge is -2.35. The number of dihydropyridines is 1. The fraction of sp³-hybridized carbons (Fsp3) is 0.417. The Morgan fingerprint density at radius 3 is 2.81 bits per heavy atom. The molecule has 4 rings (SSSR count). The number of allylic oxidation sites excluding steroid dienone is 3. The number of rotatable bonds is 7. The standard InChI is InChI=1S/C24H27NO4S2/c1-4-30-11-9-28-24(27)21-15(3)25-17-12-16(20-6-5-10-31-20)13-18(26)22(17)23(21)19-8-7-14(2)29-19/h5-8,10,16,23,25H,4,9,11-13H2,1-3H3/t16-,23+/m1/s1. The summed E-state index contributed by atoms with van der Waals surface area (Å²) >= 11 is 3.41. The largest absolute Gasteiger partial charge is 0.465 e. The average Bonchev–Trinajstić information content (AvgIpc) is 3.42. The lowest BCUT2D eigenvalue weighted by atomic mass is 9.74. The molecule has 0 unspecified atom stereocenters. The molecule has 2 aliphatic rings. The molecule has 0 aromatic carbocycles. The van der Waals surface area contributed by atoms with Gasteiger partial charge >= 0.3 is 5.97 Å². The maximum atomic E-state index is 13.4. The number of thiophene rings is 1. The molecule has 5 nitrogen and oxygen atoms in total. The van der Waals surface area contributed by atoms with Gasteiger partial charge in [-0.1, -0.05) is 13.0 Å². The maximum Gasteiger partial charge on any atom is 0.336 e. The van der Waals surface area contributed by atoms with Crippen molar-refractivity contribution in [1.82, 2.24) is 5.32 Å². The van der Waals surface area contributed by atoms with E-state index in [0.717, 1.165) is 35.1 Å². The minimum atomic E-state index is -0.534. The molecule has 31 heavy (non-hydrogen) atoms. The minimum absolute atomic E-state index is 0.0607. The fourth-order valence-electron chi connectivity index (χ4n) is 4.34. The van der Waals surface area contributed by atoms with Crippen molar-refractivity contribution in [3.63, 3.8) is 0 Å². The van der Waals surface area contributed by atoms with Gasteiger partial charge in [-0.15, -0.1) is 11.3 Å². The summed E-state index contributed by atoms with van der Waals surface area (Å²) in [5.74, 6) is 2.39. The van der Waals surface area contributed by atoms with Gasteiger partial charge in [0.25, 0.3) is 0 Å². The number of carbonyl (C=O) groups is 2. The van der Waals surface area contributed by atoms with Crippen LogP contribution in [0.25, 0.3) is 0 Å². The summed E-state index contributed by atoms with van der Waals surface area (Å²) in [5.41, 5.74) is 2.73. The van der Waals surface area contributed by atoms with Gasteiger partial charge < -0.3 is 14.5 Å². The molecule has 7 heteroatoms. The number of Topliss-reactive ketones (excluding diaryl/α,β-unsaturated/α-hetero) is 1. The lowest BCUT2D eigenvalue weighted by Crippen LogP contribution is -2.36. The van der Waals surface area contributed by atoms with Crippen LogP contribution in [0.1, 0.15) is 54.9 Å². The molecule has 1 aliphatic heterocycles. The Morgan fingerprint density at radius 1 is 1.29 bits per heavy atom. The first-order valence-electron chi connectivity index (χ1n) is 10.6. The minimum Gasteiger partial charge on any atom is -0.465 e. The Labute approximate surface area is 190 Å². The zero-order valence-corrected chi connectivity index (χ0v) is 19.7. The first-order valence-corrected chi connectivity index (χ1v) is 12.6. The number of furan rings is 1. The van der Waals surface area contributed by atoms with Crippen LogP contribution in [0.4, 0.5) is 0 Å². The van der Waals surface area contributed by atoms with E-state index in [4.69, 9.17) is 9.15 Å². The van der Waals surface area contributed by atoms with E-state index in [9.17, 15) is 9.59 Å². The first-order chi connectivity index (χ1) is 15.0.